The largest absolute Gasteiger partial charge is 0.381 e. The third-order valence-electron chi connectivity index (χ3n) is 3.47. The second-order valence-electron chi connectivity index (χ2n) is 5.22. The first-order valence-electron chi connectivity index (χ1n) is 7.24. The summed E-state index contributed by atoms with van der Waals surface area (Å²) in [6.07, 6.45) is 5.54. The molecule has 1 aromatic heterocycles. The van der Waals surface area contributed by atoms with E-state index in [1.54, 1.807) is 11.3 Å². The zero-order valence-electron chi connectivity index (χ0n) is 12.0. The van der Waals surface area contributed by atoms with E-state index in [1.165, 1.54) is 24.1 Å². The summed E-state index contributed by atoms with van der Waals surface area (Å²) in [5, 5.41) is 4.56. The Bertz CT molecular complexity index is 363. The molecule has 108 valence electrons. The zero-order valence-corrected chi connectivity index (χ0v) is 12.8. The summed E-state index contributed by atoms with van der Waals surface area (Å²) in [6, 6.07) is 0. The van der Waals surface area contributed by atoms with Crippen LogP contribution in [0.5, 0.6) is 0 Å². The van der Waals surface area contributed by atoms with Crippen LogP contribution in [0.3, 0.4) is 0 Å². The molecule has 1 N–H and O–H groups in total. The number of ether oxygens (including phenoxy) is 1. The fraction of sp³-hybridized carbons (Fsp3) is 0.786. The van der Waals surface area contributed by atoms with E-state index < -0.39 is 0 Å². The minimum atomic E-state index is 0.754. The molecule has 1 aliphatic rings. The van der Waals surface area contributed by atoms with Gasteiger partial charge in [0.15, 0.2) is 5.13 Å². The van der Waals surface area contributed by atoms with Gasteiger partial charge < -0.3 is 15.0 Å². The van der Waals surface area contributed by atoms with E-state index in [1.807, 2.05) is 6.20 Å². The summed E-state index contributed by atoms with van der Waals surface area (Å²) in [4.78, 5) is 8.15. The van der Waals surface area contributed by atoms with Crippen molar-refractivity contribution in [3.8, 4) is 0 Å². The van der Waals surface area contributed by atoms with Crippen molar-refractivity contribution < 1.29 is 4.74 Å². The molecule has 0 bridgehead atoms. The van der Waals surface area contributed by atoms with Gasteiger partial charge in [-0.15, -0.1) is 11.3 Å². The van der Waals surface area contributed by atoms with Gasteiger partial charge in [0.05, 0.1) is 0 Å². The number of hydrogen-bond acceptors (Lipinski definition) is 5. The van der Waals surface area contributed by atoms with E-state index in [2.05, 4.69) is 29.2 Å². The Morgan fingerprint density at radius 1 is 1.47 bits per heavy atom. The molecule has 1 saturated heterocycles. The van der Waals surface area contributed by atoms with Gasteiger partial charge in [-0.25, -0.2) is 4.98 Å². The SMILES string of the molecule is CCCNCc1cnc(N(C)CC2CCOCC2)s1. The minimum Gasteiger partial charge on any atom is -0.381 e. The topological polar surface area (TPSA) is 37.4 Å². The minimum absolute atomic E-state index is 0.754. The lowest BCUT2D eigenvalue weighted by Crippen LogP contribution is -2.29. The van der Waals surface area contributed by atoms with Crippen molar-refractivity contribution in [2.45, 2.75) is 32.7 Å². The number of nitrogens with one attached hydrogen (secondary N) is 1. The highest BCUT2D eigenvalue weighted by molar-refractivity contribution is 7.15. The number of rotatable bonds is 7. The van der Waals surface area contributed by atoms with Crippen molar-refractivity contribution in [1.82, 2.24) is 10.3 Å². The highest BCUT2D eigenvalue weighted by Crippen LogP contribution is 2.24. The predicted octanol–water partition coefficient (Wildman–Crippen LogP) is 2.51. The van der Waals surface area contributed by atoms with Gasteiger partial charge in [-0.05, 0) is 31.7 Å². The van der Waals surface area contributed by atoms with Gasteiger partial charge >= 0.3 is 0 Å². The van der Waals surface area contributed by atoms with Crippen LogP contribution in [-0.4, -0.2) is 38.3 Å². The van der Waals surface area contributed by atoms with Crippen LogP contribution in [0.2, 0.25) is 0 Å². The first-order valence-corrected chi connectivity index (χ1v) is 8.05. The predicted molar refractivity (Wildman–Crippen MR) is 80.9 cm³/mol. The van der Waals surface area contributed by atoms with E-state index in [4.69, 9.17) is 4.74 Å². The number of aromatic nitrogens is 1. The van der Waals surface area contributed by atoms with Gasteiger partial charge in [-0.1, -0.05) is 6.92 Å². The van der Waals surface area contributed by atoms with Crippen molar-refractivity contribution in [2.75, 3.05) is 38.3 Å². The molecule has 1 aliphatic heterocycles. The van der Waals surface area contributed by atoms with Crippen LogP contribution in [0.4, 0.5) is 5.13 Å². The van der Waals surface area contributed by atoms with Gasteiger partial charge in [0.25, 0.3) is 0 Å². The van der Waals surface area contributed by atoms with Crippen LogP contribution < -0.4 is 10.2 Å². The maximum Gasteiger partial charge on any atom is 0.185 e. The quantitative estimate of drug-likeness (QED) is 0.780. The van der Waals surface area contributed by atoms with E-state index >= 15 is 0 Å². The lowest BCUT2D eigenvalue weighted by molar-refractivity contribution is 0.0685. The van der Waals surface area contributed by atoms with Crippen molar-refractivity contribution in [2.24, 2.45) is 5.92 Å². The summed E-state index contributed by atoms with van der Waals surface area (Å²) < 4.78 is 5.41. The first kappa shape index (κ1) is 14.8. The monoisotopic (exact) mass is 283 g/mol. The maximum absolute atomic E-state index is 5.41. The van der Waals surface area contributed by atoms with E-state index in [0.717, 1.165) is 43.9 Å². The average Bonchev–Trinajstić information content (AvgIpc) is 2.89. The Morgan fingerprint density at radius 2 is 2.26 bits per heavy atom. The smallest absolute Gasteiger partial charge is 0.185 e. The molecule has 2 heterocycles. The molecule has 1 aromatic rings. The Kier molecular flexibility index (Phi) is 6.07. The summed E-state index contributed by atoms with van der Waals surface area (Å²) in [5.41, 5.74) is 0. The Morgan fingerprint density at radius 3 is 3.00 bits per heavy atom. The molecule has 4 nitrogen and oxygen atoms in total. The first-order chi connectivity index (χ1) is 9.29. The lowest BCUT2D eigenvalue weighted by Gasteiger charge is -2.26. The molecule has 5 heteroatoms. The lowest BCUT2D eigenvalue weighted by atomic mass is 10.0. The van der Waals surface area contributed by atoms with Crippen LogP contribution >= 0.6 is 11.3 Å². The zero-order chi connectivity index (χ0) is 13.5. The summed E-state index contributed by atoms with van der Waals surface area (Å²) in [6.45, 7) is 7.14. The number of anilines is 1. The van der Waals surface area contributed by atoms with Gasteiger partial charge in [-0.2, -0.15) is 0 Å². The summed E-state index contributed by atoms with van der Waals surface area (Å²) >= 11 is 1.80. The van der Waals surface area contributed by atoms with Crippen LogP contribution in [0, 0.1) is 5.92 Å². The van der Waals surface area contributed by atoms with Crippen molar-refractivity contribution in [3.63, 3.8) is 0 Å². The molecule has 2 rings (SSSR count). The fourth-order valence-corrected chi connectivity index (χ4v) is 3.19. The van der Waals surface area contributed by atoms with Crippen molar-refractivity contribution >= 4 is 16.5 Å². The number of hydrogen-bond donors (Lipinski definition) is 1. The van der Waals surface area contributed by atoms with Crippen molar-refractivity contribution in [1.29, 1.82) is 0 Å². The molecule has 0 aliphatic carbocycles. The molecule has 19 heavy (non-hydrogen) atoms. The van der Waals surface area contributed by atoms with Crippen LogP contribution in [-0.2, 0) is 11.3 Å². The van der Waals surface area contributed by atoms with E-state index in [-0.39, 0.29) is 0 Å². The molecule has 0 spiro atoms. The number of nitrogens with zero attached hydrogens (tertiary/aromatic N) is 2. The third-order valence-corrected chi connectivity index (χ3v) is 4.58. The van der Waals surface area contributed by atoms with Gasteiger partial charge in [0.2, 0.25) is 0 Å². The standard InChI is InChI=1S/C14H25N3OS/c1-3-6-15-9-13-10-16-14(19-13)17(2)11-12-4-7-18-8-5-12/h10,12,15H,3-9,11H2,1-2H3. The molecular weight excluding hydrogens is 258 g/mol. The second kappa shape index (κ2) is 7.82. The van der Waals surface area contributed by atoms with Crippen LogP contribution in [0.25, 0.3) is 0 Å². The van der Waals surface area contributed by atoms with Crippen LogP contribution in [0.15, 0.2) is 6.20 Å². The molecule has 0 saturated carbocycles. The van der Waals surface area contributed by atoms with E-state index in [0.29, 0.717) is 0 Å². The molecule has 0 aromatic carbocycles. The van der Waals surface area contributed by atoms with E-state index in [9.17, 15) is 0 Å². The Labute approximate surface area is 120 Å². The summed E-state index contributed by atoms with van der Waals surface area (Å²) in [5.74, 6) is 0.754. The highest BCUT2D eigenvalue weighted by Gasteiger charge is 2.17. The molecule has 0 atom stereocenters. The molecular formula is C14H25N3OS. The second-order valence-corrected chi connectivity index (χ2v) is 6.32. The van der Waals surface area contributed by atoms with Crippen molar-refractivity contribution in [3.05, 3.63) is 11.1 Å². The van der Waals surface area contributed by atoms with Gasteiger partial charge in [0, 0.05) is 44.4 Å². The normalized spacial score (nSPS) is 16.7. The molecule has 1 fully saturated rings. The molecule has 0 radical (unpaired) electrons. The number of thiazole rings is 1. The third kappa shape index (κ3) is 4.75. The maximum atomic E-state index is 5.41. The molecule has 0 unspecified atom stereocenters. The van der Waals surface area contributed by atoms with Gasteiger partial charge in [-0.3, -0.25) is 0 Å². The Balaban J connectivity index is 1.79. The fourth-order valence-electron chi connectivity index (χ4n) is 2.34. The highest BCUT2D eigenvalue weighted by atomic mass is 32.1. The molecule has 0 amide bonds. The van der Waals surface area contributed by atoms with Gasteiger partial charge in [0.1, 0.15) is 0 Å². The van der Waals surface area contributed by atoms with Crippen LogP contribution in [0.1, 0.15) is 31.1 Å². The Hall–Kier alpha value is -0.650. The summed E-state index contributed by atoms with van der Waals surface area (Å²) in [7, 11) is 2.15. The average molecular weight is 283 g/mol.